The Balaban J connectivity index is 0.779. The molecule has 0 N–H and O–H groups in total. The third-order valence-electron chi connectivity index (χ3n) is 15.7. The van der Waals surface area contributed by atoms with E-state index in [9.17, 15) is 27.2 Å². The lowest BCUT2D eigenvalue weighted by atomic mass is 10.0. The van der Waals surface area contributed by atoms with E-state index in [2.05, 4.69) is 9.97 Å². The number of rotatable bonds is 16. The molecular formula is C66H46F8N8O7. The second-order valence-corrected chi connectivity index (χ2v) is 21.6. The summed E-state index contributed by atoms with van der Waals surface area (Å²) in [5.41, 5.74) is 0.408. The van der Waals surface area contributed by atoms with E-state index in [1.165, 1.54) is 60.7 Å². The van der Waals surface area contributed by atoms with Crippen LogP contribution in [0.5, 0.6) is 11.8 Å². The third-order valence-corrected chi connectivity index (χ3v) is 15.7. The molecule has 2 fully saturated rings. The first-order valence-electron chi connectivity index (χ1n) is 27.8. The second-order valence-electron chi connectivity index (χ2n) is 21.6. The van der Waals surface area contributed by atoms with Crippen LogP contribution < -0.4 is 9.47 Å². The van der Waals surface area contributed by atoms with E-state index in [1.54, 1.807) is 9.13 Å². The Kier molecular flexibility index (Phi) is 16.2. The summed E-state index contributed by atoms with van der Waals surface area (Å²) in [6.07, 6.45) is -0.486. The molecule has 2 aliphatic rings. The van der Waals surface area contributed by atoms with Crippen LogP contribution in [-0.2, 0) is 40.3 Å². The number of benzene rings is 6. The molecule has 4 atom stereocenters. The van der Waals surface area contributed by atoms with Gasteiger partial charge in [0.2, 0.25) is 0 Å². The molecule has 448 valence electrons. The van der Waals surface area contributed by atoms with Gasteiger partial charge in [-0.05, 0) is 120 Å². The molecule has 0 radical (unpaired) electrons. The van der Waals surface area contributed by atoms with E-state index in [1.807, 2.05) is 26.0 Å². The monoisotopic (exact) mass is 1210 g/mol. The van der Waals surface area contributed by atoms with Gasteiger partial charge in [0.25, 0.3) is 11.8 Å². The molecule has 0 saturated carbocycles. The van der Waals surface area contributed by atoms with Crippen LogP contribution in [0.25, 0.3) is 44.6 Å². The Labute approximate surface area is 500 Å². The van der Waals surface area contributed by atoms with Crippen molar-refractivity contribution in [3.8, 4) is 46.4 Å². The van der Waals surface area contributed by atoms with Gasteiger partial charge < -0.3 is 32.8 Å². The molecule has 10 aromatic rings. The summed E-state index contributed by atoms with van der Waals surface area (Å²) < 4.78 is 155. The summed E-state index contributed by atoms with van der Waals surface area (Å²) in [4.78, 5) is 45.6. The summed E-state index contributed by atoms with van der Waals surface area (Å²) in [5, 5.41) is 18.1. The Morgan fingerprint density at radius 3 is 1.28 bits per heavy atom. The number of imidazole rings is 2. The molecule has 0 bridgehead atoms. The highest BCUT2D eigenvalue weighted by molar-refractivity contribution is 6.05. The number of halogens is 8. The number of fused-ring (bicyclic) bond motifs is 2. The number of hydrogen-bond acceptors (Lipinski definition) is 13. The van der Waals surface area contributed by atoms with Gasteiger partial charge in [0.05, 0.1) is 106 Å². The number of carbonyl (C=O) groups is 2. The van der Waals surface area contributed by atoms with Gasteiger partial charge in [-0.15, -0.1) is 0 Å². The van der Waals surface area contributed by atoms with Crippen molar-refractivity contribution in [2.45, 2.75) is 52.0 Å². The first kappa shape index (κ1) is 59.0. The maximum absolute atomic E-state index is 16.2. The smallest absolute Gasteiger partial charge is 0.346 e. The van der Waals surface area contributed by atoms with Crippen LogP contribution in [-0.4, -0.2) is 67.4 Å². The fourth-order valence-electron chi connectivity index (χ4n) is 11.0. The first-order valence-corrected chi connectivity index (χ1v) is 27.8. The van der Waals surface area contributed by atoms with Crippen LogP contribution in [0.2, 0.25) is 0 Å². The number of nitrogens with zero attached hydrogens (tertiary/aromatic N) is 8. The number of pyridine rings is 2. The molecule has 4 aromatic heterocycles. The van der Waals surface area contributed by atoms with Crippen LogP contribution in [0.4, 0.5) is 35.1 Å². The van der Waals surface area contributed by atoms with E-state index in [-0.39, 0.29) is 129 Å². The van der Waals surface area contributed by atoms with Gasteiger partial charge in [0, 0.05) is 46.9 Å². The van der Waals surface area contributed by atoms with Crippen molar-refractivity contribution in [2.24, 2.45) is 11.8 Å². The Morgan fingerprint density at radius 1 is 0.483 bits per heavy atom. The lowest BCUT2D eigenvalue weighted by Crippen LogP contribution is -2.19. The normalized spacial score (nSPS) is 16.4. The van der Waals surface area contributed by atoms with E-state index >= 15 is 17.6 Å². The van der Waals surface area contributed by atoms with Crippen LogP contribution in [0, 0.1) is 81.0 Å². The molecule has 0 aliphatic carbocycles. The molecule has 89 heavy (non-hydrogen) atoms. The van der Waals surface area contributed by atoms with Crippen LogP contribution in [0.15, 0.2) is 121 Å². The molecule has 15 nitrogen and oxygen atoms in total. The van der Waals surface area contributed by atoms with Crippen molar-refractivity contribution in [3.63, 3.8) is 0 Å². The van der Waals surface area contributed by atoms with Crippen molar-refractivity contribution < 1.29 is 68.4 Å². The third kappa shape index (κ3) is 11.8. The molecule has 0 amide bonds. The van der Waals surface area contributed by atoms with Crippen molar-refractivity contribution in [2.75, 3.05) is 26.4 Å². The van der Waals surface area contributed by atoms with Gasteiger partial charge in [-0.1, -0.05) is 26.0 Å². The summed E-state index contributed by atoms with van der Waals surface area (Å²) in [7, 11) is 0. The summed E-state index contributed by atoms with van der Waals surface area (Å²) in [6, 6.07) is 26.9. The zero-order valence-corrected chi connectivity index (χ0v) is 47.0. The zero-order chi connectivity index (χ0) is 62.4. The lowest BCUT2D eigenvalue weighted by Gasteiger charge is -2.20. The molecule has 2 aliphatic heterocycles. The highest BCUT2D eigenvalue weighted by Gasteiger charge is 2.33. The number of ether oxygens (including phenoxy) is 5. The van der Waals surface area contributed by atoms with E-state index < -0.39 is 83.5 Å². The summed E-state index contributed by atoms with van der Waals surface area (Å²) in [5.74, 6) is -9.81. The van der Waals surface area contributed by atoms with E-state index in [0.29, 0.717) is 35.3 Å². The van der Waals surface area contributed by atoms with Crippen molar-refractivity contribution >= 4 is 34.0 Å². The quantitative estimate of drug-likeness (QED) is 0.0505. The maximum Gasteiger partial charge on any atom is 0.346 e. The zero-order valence-electron chi connectivity index (χ0n) is 47.0. The Bertz CT molecular complexity index is 4310. The molecule has 12 rings (SSSR count). The number of esters is 2. The fraction of sp³-hybridized carbons (Fsp3) is 0.212. The molecule has 6 heterocycles. The minimum absolute atomic E-state index is 0.000901. The van der Waals surface area contributed by atoms with Crippen LogP contribution in [0.3, 0.4) is 0 Å². The molecule has 2 saturated heterocycles. The van der Waals surface area contributed by atoms with E-state index in [0.717, 1.165) is 60.7 Å². The maximum atomic E-state index is 16.2. The average Bonchev–Trinajstić information content (AvgIpc) is 3.15. The van der Waals surface area contributed by atoms with Crippen molar-refractivity contribution in [1.82, 2.24) is 29.1 Å². The SMILES string of the molecule is C[C@H]1COC[C@H]1n1c(Cc2cc(F)c(-c3ccc(F)c(OCc4ccc(C#N)cc4F)n3)cc2F)nc2ccc(C(=O)OC(=O)c3ccc4nc(Cc5cc(F)c(-c6ccc(F)c(OCc7ccc(C#N)cc7F)n6)cc5F)n([C@@H]5COC[C@@H]5C)c4c3)cc21. The molecule has 23 heteroatoms. The largest absolute Gasteiger partial charge is 0.471 e. The minimum Gasteiger partial charge on any atom is -0.471 e. The second kappa shape index (κ2) is 24.4. The van der Waals surface area contributed by atoms with Crippen molar-refractivity contribution in [1.29, 1.82) is 10.5 Å². The average molecular weight is 1220 g/mol. The standard InChI is InChI=1S/C66H46F8N8O7/c1-33-27-85-31-59(33)81-57-19-37(7-11-55(57)77-61(81)21-41-17-51(73)43(23-49(41)71)53-13-9-45(67)63(79-53)87-29-39-5-3-35(25-75)15-47(39)69)65(83)89-66(84)38-8-12-56-58(20-38)82(60-32-86-28-34(60)2)62(78-56)22-42-18-52(74)44(24-50(42)72)54-14-10-46(68)64(80-54)88-30-40-6-4-36(26-76)16-48(40)70/h3-20,23-24,33-34,59-60H,21-22,27-32H2,1-2H3/t33-,34-,59+,60+/m0/s1. The van der Waals surface area contributed by atoms with Crippen LogP contribution >= 0.6 is 0 Å². The molecular weight excluding hydrogens is 1170 g/mol. The predicted octanol–water partition coefficient (Wildman–Crippen LogP) is 13.1. The minimum atomic E-state index is -1.03. The van der Waals surface area contributed by atoms with Gasteiger partial charge in [-0.2, -0.15) is 10.5 Å². The number of hydrogen-bond donors (Lipinski definition) is 0. The highest BCUT2D eigenvalue weighted by atomic mass is 19.2. The number of nitriles is 2. The van der Waals surface area contributed by atoms with E-state index in [4.69, 9.17) is 44.2 Å². The number of carbonyl (C=O) groups excluding carboxylic acids is 2. The predicted molar refractivity (Wildman–Crippen MR) is 303 cm³/mol. The van der Waals surface area contributed by atoms with Gasteiger partial charge in [0.1, 0.15) is 59.8 Å². The molecule has 0 unspecified atom stereocenters. The topological polar surface area (TPSA) is 189 Å². The highest BCUT2D eigenvalue weighted by Crippen LogP contribution is 2.37. The Hall–Kier alpha value is -10.4. The summed E-state index contributed by atoms with van der Waals surface area (Å²) in [6.45, 7) is 4.08. The number of aromatic nitrogens is 6. The fourth-order valence-corrected chi connectivity index (χ4v) is 11.0. The lowest BCUT2D eigenvalue weighted by molar-refractivity contribution is 0.0397. The first-order chi connectivity index (χ1) is 42.9. The molecule has 6 aromatic carbocycles. The van der Waals surface area contributed by atoms with Gasteiger partial charge in [-0.3, -0.25) is 0 Å². The van der Waals surface area contributed by atoms with Gasteiger partial charge in [-0.25, -0.2) is 64.6 Å². The summed E-state index contributed by atoms with van der Waals surface area (Å²) >= 11 is 0. The van der Waals surface area contributed by atoms with Gasteiger partial charge in [0.15, 0.2) is 11.6 Å². The van der Waals surface area contributed by atoms with Gasteiger partial charge >= 0.3 is 11.9 Å². The van der Waals surface area contributed by atoms with Crippen LogP contribution in [0.1, 0.15) is 91.7 Å². The van der Waals surface area contributed by atoms with Crippen molar-refractivity contribution in [3.05, 3.63) is 224 Å². The Morgan fingerprint density at radius 2 is 0.899 bits per heavy atom. The molecule has 0 spiro atoms.